The van der Waals surface area contributed by atoms with Crippen LogP contribution in [0.15, 0.2) is 47.4 Å². The Balaban J connectivity index is 1.43. The molecule has 1 aromatic heterocycles. The van der Waals surface area contributed by atoms with Crippen LogP contribution in [0.2, 0.25) is 5.15 Å². The molecule has 1 saturated heterocycles. The number of pyridine rings is 1. The molecule has 2 heterocycles. The van der Waals surface area contributed by atoms with Gasteiger partial charge in [0.1, 0.15) is 5.15 Å². The second kappa shape index (κ2) is 9.01. The van der Waals surface area contributed by atoms with Gasteiger partial charge in [-0.25, -0.2) is 13.4 Å². The average molecular weight is 410 g/mol. The maximum Gasteiger partial charge on any atom is 0.243 e. The number of ether oxygens (including phenoxy) is 1. The Labute approximate surface area is 165 Å². The van der Waals surface area contributed by atoms with E-state index in [4.69, 9.17) is 16.3 Å². The van der Waals surface area contributed by atoms with Crippen molar-refractivity contribution in [1.29, 1.82) is 0 Å². The highest BCUT2D eigenvalue weighted by Gasteiger charge is 2.28. The standard InChI is InChI=1S/C19H24ClN3O3S/c1-16-6-8-17(9-7-16)27(24,25)23-13-11-22(12-14-23)10-3-15-26-19-5-2-4-18(20)21-19/h2,4-9H,3,10-15H2,1H3. The number of rotatable bonds is 7. The molecular formula is C19H24ClN3O3S. The minimum atomic E-state index is -3.41. The monoisotopic (exact) mass is 409 g/mol. The summed E-state index contributed by atoms with van der Waals surface area (Å²) >= 11 is 5.83. The maximum absolute atomic E-state index is 12.7. The third kappa shape index (κ3) is 5.42. The zero-order valence-electron chi connectivity index (χ0n) is 15.3. The molecule has 0 spiro atoms. The van der Waals surface area contributed by atoms with Crippen LogP contribution in [0.4, 0.5) is 0 Å². The van der Waals surface area contributed by atoms with E-state index < -0.39 is 10.0 Å². The number of halogens is 1. The number of aryl methyl sites for hydroxylation is 1. The van der Waals surface area contributed by atoms with Gasteiger partial charge in [-0.2, -0.15) is 4.31 Å². The molecule has 146 valence electrons. The number of nitrogens with zero attached hydrogens (tertiary/aromatic N) is 3. The third-order valence-electron chi connectivity index (χ3n) is 4.55. The average Bonchev–Trinajstić information content (AvgIpc) is 2.66. The van der Waals surface area contributed by atoms with Gasteiger partial charge >= 0.3 is 0 Å². The number of piperazine rings is 1. The fourth-order valence-electron chi connectivity index (χ4n) is 2.99. The van der Waals surface area contributed by atoms with Crippen molar-refractivity contribution in [2.45, 2.75) is 18.2 Å². The van der Waals surface area contributed by atoms with E-state index in [2.05, 4.69) is 9.88 Å². The van der Waals surface area contributed by atoms with Crippen molar-refractivity contribution in [1.82, 2.24) is 14.2 Å². The predicted molar refractivity (Wildman–Crippen MR) is 106 cm³/mol. The number of sulfonamides is 1. The lowest BCUT2D eigenvalue weighted by Crippen LogP contribution is -2.48. The lowest BCUT2D eigenvalue weighted by Gasteiger charge is -2.33. The van der Waals surface area contributed by atoms with Crippen molar-refractivity contribution < 1.29 is 13.2 Å². The molecule has 3 rings (SSSR count). The summed E-state index contributed by atoms with van der Waals surface area (Å²) in [5.41, 5.74) is 1.05. The summed E-state index contributed by atoms with van der Waals surface area (Å²) in [5.74, 6) is 0.525. The minimum Gasteiger partial charge on any atom is -0.478 e. The summed E-state index contributed by atoms with van der Waals surface area (Å²) in [6.45, 7) is 5.82. The third-order valence-corrected chi connectivity index (χ3v) is 6.67. The lowest BCUT2D eigenvalue weighted by atomic mass is 10.2. The smallest absolute Gasteiger partial charge is 0.243 e. The van der Waals surface area contributed by atoms with Crippen LogP contribution in [0.25, 0.3) is 0 Å². The molecule has 1 aromatic carbocycles. The molecule has 6 nitrogen and oxygen atoms in total. The highest BCUT2D eigenvalue weighted by molar-refractivity contribution is 7.89. The van der Waals surface area contributed by atoms with E-state index >= 15 is 0 Å². The molecule has 0 radical (unpaired) electrons. The molecule has 0 N–H and O–H groups in total. The molecule has 0 atom stereocenters. The van der Waals surface area contributed by atoms with Crippen molar-refractivity contribution in [2.24, 2.45) is 0 Å². The number of hydrogen-bond donors (Lipinski definition) is 0. The fourth-order valence-corrected chi connectivity index (χ4v) is 4.57. The van der Waals surface area contributed by atoms with Crippen molar-refractivity contribution in [2.75, 3.05) is 39.3 Å². The molecule has 0 saturated carbocycles. The fraction of sp³-hybridized carbons (Fsp3) is 0.421. The zero-order chi connectivity index (χ0) is 19.3. The first-order valence-electron chi connectivity index (χ1n) is 9.00. The Morgan fingerprint density at radius 2 is 1.78 bits per heavy atom. The van der Waals surface area contributed by atoms with E-state index in [1.54, 1.807) is 34.6 Å². The predicted octanol–water partition coefficient (Wildman–Crippen LogP) is 2.82. The van der Waals surface area contributed by atoms with Gasteiger partial charge in [0.25, 0.3) is 0 Å². The van der Waals surface area contributed by atoms with Gasteiger partial charge in [-0.15, -0.1) is 0 Å². The van der Waals surface area contributed by atoms with Crippen LogP contribution in [-0.2, 0) is 10.0 Å². The second-order valence-electron chi connectivity index (χ2n) is 6.56. The van der Waals surface area contributed by atoms with Crippen molar-refractivity contribution in [3.8, 4) is 5.88 Å². The minimum absolute atomic E-state index is 0.365. The van der Waals surface area contributed by atoms with E-state index in [-0.39, 0.29) is 0 Å². The molecule has 0 amide bonds. The van der Waals surface area contributed by atoms with Crippen LogP contribution in [0, 0.1) is 6.92 Å². The lowest BCUT2D eigenvalue weighted by molar-refractivity contribution is 0.173. The van der Waals surface area contributed by atoms with E-state index in [1.807, 2.05) is 19.1 Å². The van der Waals surface area contributed by atoms with Crippen molar-refractivity contribution in [3.63, 3.8) is 0 Å². The van der Waals surface area contributed by atoms with Gasteiger partial charge in [0.15, 0.2) is 0 Å². The second-order valence-corrected chi connectivity index (χ2v) is 8.88. The number of hydrogen-bond acceptors (Lipinski definition) is 5. The highest BCUT2D eigenvalue weighted by atomic mass is 35.5. The van der Waals surface area contributed by atoms with E-state index in [0.717, 1.165) is 31.6 Å². The van der Waals surface area contributed by atoms with Crippen LogP contribution >= 0.6 is 11.6 Å². The summed E-state index contributed by atoms with van der Waals surface area (Å²) in [4.78, 5) is 6.71. The van der Waals surface area contributed by atoms with E-state index in [1.165, 1.54) is 0 Å². The van der Waals surface area contributed by atoms with Gasteiger partial charge < -0.3 is 9.64 Å². The first-order valence-corrected chi connectivity index (χ1v) is 10.8. The molecule has 1 aliphatic rings. The van der Waals surface area contributed by atoms with E-state index in [9.17, 15) is 8.42 Å². The van der Waals surface area contributed by atoms with Gasteiger partial charge in [-0.3, -0.25) is 0 Å². The molecule has 1 fully saturated rings. The van der Waals surface area contributed by atoms with Crippen LogP contribution in [0.5, 0.6) is 5.88 Å². The van der Waals surface area contributed by atoms with Gasteiger partial charge in [0.05, 0.1) is 11.5 Å². The Morgan fingerprint density at radius 3 is 2.44 bits per heavy atom. The van der Waals surface area contributed by atoms with Gasteiger partial charge in [-0.1, -0.05) is 35.4 Å². The highest BCUT2D eigenvalue weighted by Crippen LogP contribution is 2.18. The molecule has 0 aliphatic carbocycles. The Bertz CT molecular complexity index is 851. The normalized spacial score (nSPS) is 16.4. The van der Waals surface area contributed by atoms with Gasteiger partial charge in [0, 0.05) is 38.8 Å². The van der Waals surface area contributed by atoms with Crippen LogP contribution in [0.1, 0.15) is 12.0 Å². The largest absolute Gasteiger partial charge is 0.478 e. The van der Waals surface area contributed by atoms with E-state index in [0.29, 0.717) is 35.6 Å². The van der Waals surface area contributed by atoms with Crippen LogP contribution < -0.4 is 4.74 Å². The first kappa shape index (κ1) is 20.1. The molecule has 27 heavy (non-hydrogen) atoms. The quantitative estimate of drug-likeness (QED) is 0.519. The summed E-state index contributed by atoms with van der Waals surface area (Å²) < 4.78 is 32.6. The topological polar surface area (TPSA) is 62.7 Å². The Hall–Kier alpha value is -1.67. The molecule has 1 aliphatic heterocycles. The molecule has 0 bridgehead atoms. The summed E-state index contributed by atoms with van der Waals surface area (Å²) in [7, 11) is -3.41. The summed E-state index contributed by atoms with van der Waals surface area (Å²) in [5, 5.41) is 0.415. The first-order chi connectivity index (χ1) is 12.9. The van der Waals surface area contributed by atoms with Crippen molar-refractivity contribution in [3.05, 3.63) is 53.2 Å². The SMILES string of the molecule is Cc1ccc(S(=O)(=O)N2CCN(CCCOc3cccc(Cl)n3)CC2)cc1. The zero-order valence-corrected chi connectivity index (χ0v) is 16.9. The van der Waals surface area contributed by atoms with Crippen LogP contribution in [0.3, 0.4) is 0 Å². The number of benzene rings is 1. The molecular weight excluding hydrogens is 386 g/mol. The summed E-state index contributed by atoms with van der Waals surface area (Å²) in [6.07, 6.45) is 0.846. The number of aromatic nitrogens is 1. The van der Waals surface area contributed by atoms with Crippen molar-refractivity contribution >= 4 is 21.6 Å². The maximum atomic E-state index is 12.7. The molecule has 0 unspecified atom stereocenters. The Kier molecular flexibility index (Phi) is 6.70. The molecule has 8 heteroatoms. The van der Waals surface area contributed by atoms with Crippen LogP contribution in [-0.4, -0.2) is 61.9 Å². The summed E-state index contributed by atoms with van der Waals surface area (Å²) in [6, 6.07) is 12.3. The van der Waals surface area contributed by atoms with Gasteiger partial charge in [-0.05, 0) is 31.5 Å². The van der Waals surface area contributed by atoms with Gasteiger partial charge in [0.2, 0.25) is 15.9 Å². The Morgan fingerprint density at radius 1 is 1.07 bits per heavy atom. The molecule has 2 aromatic rings.